The van der Waals surface area contributed by atoms with Crippen LogP contribution in [0.5, 0.6) is 0 Å². The van der Waals surface area contributed by atoms with Crippen LogP contribution in [0.2, 0.25) is 0 Å². The number of carboxylic acids is 1. The number of nitrogens with zero attached hydrogens (tertiary/aromatic N) is 2. The number of rotatable bonds is 7. The Morgan fingerprint density at radius 1 is 1.58 bits per heavy atom. The first-order chi connectivity index (χ1) is 9.10. The highest BCUT2D eigenvalue weighted by atomic mass is 16.5. The van der Waals surface area contributed by atoms with E-state index in [0.29, 0.717) is 12.5 Å². The Balaban J connectivity index is 2.07. The maximum Gasteiger partial charge on any atom is 0.360 e. The van der Waals surface area contributed by atoms with E-state index < -0.39 is 11.9 Å². The second-order valence-corrected chi connectivity index (χ2v) is 4.45. The van der Waals surface area contributed by atoms with Crippen LogP contribution in [-0.2, 0) is 9.53 Å². The highest BCUT2D eigenvalue weighted by Crippen LogP contribution is 2.31. The molecule has 1 aliphatic carbocycles. The van der Waals surface area contributed by atoms with Crippen LogP contribution in [0, 0.1) is 5.92 Å². The number of hydrogen-bond donors (Lipinski definition) is 1. The summed E-state index contributed by atoms with van der Waals surface area (Å²) >= 11 is 0. The van der Waals surface area contributed by atoms with Crippen molar-refractivity contribution in [2.75, 3.05) is 24.6 Å². The zero-order chi connectivity index (χ0) is 13.8. The minimum absolute atomic E-state index is 0.0584. The Hall–Kier alpha value is -2.05. The van der Waals surface area contributed by atoms with Gasteiger partial charge in [-0.3, -0.25) is 4.79 Å². The van der Waals surface area contributed by atoms with E-state index in [-0.39, 0.29) is 24.9 Å². The Morgan fingerprint density at radius 3 is 2.89 bits per heavy atom. The smallest absolute Gasteiger partial charge is 0.360 e. The second-order valence-electron chi connectivity index (χ2n) is 4.45. The molecule has 1 fully saturated rings. The molecular formula is C12H16N2O5. The van der Waals surface area contributed by atoms with Crippen molar-refractivity contribution in [1.82, 2.24) is 4.98 Å². The standard InChI is InChI=1S/C12H16N2O5/c1-2-18-11(17)9-7-19-12(13-9)14(6-10(15)16)5-8-3-4-8/h7-8H,2-6H2,1H3,(H,15,16). The van der Waals surface area contributed by atoms with Crippen LogP contribution in [0.1, 0.15) is 30.3 Å². The van der Waals surface area contributed by atoms with E-state index in [0.717, 1.165) is 12.8 Å². The molecule has 0 unspecified atom stereocenters. The number of carbonyl (C=O) groups excluding carboxylic acids is 1. The number of aliphatic carboxylic acids is 1. The van der Waals surface area contributed by atoms with Crippen molar-refractivity contribution in [2.24, 2.45) is 5.92 Å². The van der Waals surface area contributed by atoms with Crippen molar-refractivity contribution in [2.45, 2.75) is 19.8 Å². The molecule has 7 nitrogen and oxygen atoms in total. The van der Waals surface area contributed by atoms with Gasteiger partial charge < -0.3 is 19.2 Å². The summed E-state index contributed by atoms with van der Waals surface area (Å²) in [4.78, 5) is 27.8. The van der Waals surface area contributed by atoms with Gasteiger partial charge in [0, 0.05) is 6.54 Å². The number of ether oxygens (including phenoxy) is 1. The topological polar surface area (TPSA) is 92.9 Å². The molecule has 0 amide bonds. The van der Waals surface area contributed by atoms with Gasteiger partial charge in [-0.15, -0.1) is 0 Å². The molecule has 1 aromatic rings. The molecule has 1 heterocycles. The molecule has 2 rings (SSSR count). The lowest BCUT2D eigenvalue weighted by atomic mass is 10.4. The van der Waals surface area contributed by atoms with E-state index in [4.69, 9.17) is 14.3 Å². The number of esters is 1. The zero-order valence-corrected chi connectivity index (χ0v) is 10.7. The zero-order valence-electron chi connectivity index (χ0n) is 10.7. The summed E-state index contributed by atoms with van der Waals surface area (Å²) in [7, 11) is 0. The Labute approximate surface area is 110 Å². The average molecular weight is 268 g/mol. The molecule has 7 heteroatoms. The molecule has 1 aromatic heterocycles. The first-order valence-electron chi connectivity index (χ1n) is 6.19. The van der Waals surface area contributed by atoms with Crippen LogP contribution in [0.25, 0.3) is 0 Å². The lowest BCUT2D eigenvalue weighted by Crippen LogP contribution is -2.31. The van der Waals surface area contributed by atoms with Gasteiger partial charge in [0.2, 0.25) is 0 Å². The molecule has 0 aromatic carbocycles. The lowest BCUT2D eigenvalue weighted by Gasteiger charge is -2.17. The maximum absolute atomic E-state index is 11.5. The third-order valence-electron chi connectivity index (χ3n) is 2.75. The molecule has 104 valence electrons. The van der Waals surface area contributed by atoms with Crippen LogP contribution in [0.3, 0.4) is 0 Å². The van der Waals surface area contributed by atoms with Crippen molar-refractivity contribution < 1.29 is 23.8 Å². The van der Waals surface area contributed by atoms with Crippen LogP contribution in [0.4, 0.5) is 6.01 Å². The quantitative estimate of drug-likeness (QED) is 0.741. The predicted molar refractivity (Wildman–Crippen MR) is 65.0 cm³/mol. The van der Waals surface area contributed by atoms with Gasteiger partial charge in [0.1, 0.15) is 12.8 Å². The van der Waals surface area contributed by atoms with Gasteiger partial charge in [0.05, 0.1) is 6.61 Å². The number of aromatic nitrogens is 1. The monoisotopic (exact) mass is 268 g/mol. The molecule has 0 aliphatic heterocycles. The first-order valence-corrected chi connectivity index (χ1v) is 6.19. The normalized spacial score (nSPS) is 14.2. The minimum atomic E-state index is -0.962. The number of hydrogen-bond acceptors (Lipinski definition) is 6. The summed E-state index contributed by atoms with van der Waals surface area (Å²) in [5.41, 5.74) is 0.0584. The van der Waals surface area contributed by atoms with Gasteiger partial charge in [-0.05, 0) is 25.7 Å². The third kappa shape index (κ3) is 3.70. The number of carbonyl (C=O) groups is 2. The second kappa shape index (κ2) is 5.73. The highest BCUT2D eigenvalue weighted by Gasteiger charge is 2.28. The Morgan fingerprint density at radius 2 is 2.32 bits per heavy atom. The van der Waals surface area contributed by atoms with Crippen molar-refractivity contribution in [3.8, 4) is 0 Å². The largest absolute Gasteiger partial charge is 0.480 e. The third-order valence-corrected chi connectivity index (χ3v) is 2.75. The molecule has 0 radical (unpaired) electrons. The van der Waals surface area contributed by atoms with Gasteiger partial charge in [0.25, 0.3) is 6.01 Å². The van der Waals surface area contributed by atoms with E-state index >= 15 is 0 Å². The van der Waals surface area contributed by atoms with Crippen molar-refractivity contribution in [3.05, 3.63) is 12.0 Å². The van der Waals surface area contributed by atoms with E-state index in [2.05, 4.69) is 4.98 Å². The fourth-order valence-corrected chi connectivity index (χ4v) is 1.69. The highest BCUT2D eigenvalue weighted by molar-refractivity contribution is 5.87. The van der Waals surface area contributed by atoms with Gasteiger partial charge in [-0.25, -0.2) is 4.79 Å². The van der Waals surface area contributed by atoms with Crippen LogP contribution in [0.15, 0.2) is 10.7 Å². The molecule has 1 N–H and O–H groups in total. The molecule has 0 spiro atoms. The SMILES string of the molecule is CCOC(=O)c1coc(N(CC(=O)O)CC2CC2)n1. The van der Waals surface area contributed by atoms with Crippen LogP contribution in [-0.4, -0.2) is 41.7 Å². The van der Waals surface area contributed by atoms with Crippen molar-refractivity contribution in [1.29, 1.82) is 0 Å². The molecule has 1 saturated carbocycles. The molecule has 19 heavy (non-hydrogen) atoms. The minimum Gasteiger partial charge on any atom is -0.480 e. The Bertz CT molecular complexity index is 466. The fourth-order valence-electron chi connectivity index (χ4n) is 1.69. The van der Waals surface area contributed by atoms with Gasteiger partial charge >= 0.3 is 11.9 Å². The van der Waals surface area contributed by atoms with E-state index in [9.17, 15) is 9.59 Å². The molecule has 0 atom stereocenters. The number of carboxylic acid groups (broad SMARTS) is 1. The summed E-state index contributed by atoms with van der Waals surface area (Å²) < 4.78 is 9.97. The predicted octanol–water partition coefficient (Wildman–Crippen LogP) is 1.15. The van der Waals surface area contributed by atoms with Crippen LogP contribution >= 0.6 is 0 Å². The van der Waals surface area contributed by atoms with E-state index in [1.54, 1.807) is 6.92 Å². The Kier molecular flexibility index (Phi) is 4.03. The molecular weight excluding hydrogens is 252 g/mol. The summed E-state index contributed by atoms with van der Waals surface area (Å²) in [5, 5.41) is 8.88. The summed E-state index contributed by atoms with van der Waals surface area (Å²) in [6.45, 7) is 2.33. The fraction of sp³-hybridized carbons (Fsp3) is 0.583. The summed E-state index contributed by atoms with van der Waals surface area (Å²) in [6.07, 6.45) is 3.36. The maximum atomic E-state index is 11.5. The number of anilines is 1. The number of oxazole rings is 1. The van der Waals surface area contributed by atoms with Gasteiger partial charge in [-0.1, -0.05) is 0 Å². The van der Waals surface area contributed by atoms with Gasteiger partial charge in [0.15, 0.2) is 5.69 Å². The van der Waals surface area contributed by atoms with E-state index in [1.807, 2.05) is 0 Å². The first kappa shape index (κ1) is 13.4. The molecule has 0 saturated heterocycles. The summed E-state index contributed by atoms with van der Waals surface area (Å²) in [6, 6.07) is 0.150. The average Bonchev–Trinajstić information content (AvgIpc) is 3.02. The van der Waals surface area contributed by atoms with Crippen molar-refractivity contribution >= 4 is 18.0 Å². The lowest BCUT2D eigenvalue weighted by molar-refractivity contribution is -0.135. The molecule has 0 bridgehead atoms. The molecule has 1 aliphatic rings. The summed E-state index contributed by atoms with van der Waals surface area (Å²) in [5.74, 6) is -1.05. The van der Waals surface area contributed by atoms with Gasteiger partial charge in [-0.2, -0.15) is 4.98 Å². The van der Waals surface area contributed by atoms with E-state index in [1.165, 1.54) is 11.2 Å². The van der Waals surface area contributed by atoms with Crippen LogP contribution < -0.4 is 4.90 Å². The van der Waals surface area contributed by atoms with Crippen molar-refractivity contribution in [3.63, 3.8) is 0 Å².